The van der Waals surface area contributed by atoms with Gasteiger partial charge in [-0.1, -0.05) is 30.3 Å². The average Bonchev–Trinajstić information content (AvgIpc) is 2.60. The fourth-order valence-electron chi connectivity index (χ4n) is 2.26. The summed E-state index contributed by atoms with van der Waals surface area (Å²) in [4.78, 5) is 0. The highest BCUT2D eigenvalue weighted by atomic mass is 31.1. The summed E-state index contributed by atoms with van der Waals surface area (Å²) in [6, 6.07) is 3.90. The number of aliphatic hydroxyl groups is 1. The lowest BCUT2D eigenvalue weighted by molar-refractivity contribution is -0.329. The van der Waals surface area contributed by atoms with Crippen molar-refractivity contribution in [2.45, 2.75) is 17.7 Å². The van der Waals surface area contributed by atoms with Gasteiger partial charge in [-0.05, 0) is 5.30 Å². The second-order valence-corrected chi connectivity index (χ2v) is 7.54. The zero-order chi connectivity index (χ0) is 21.7. The lowest BCUT2D eigenvalue weighted by Crippen LogP contribution is -2.58. The Bertz CT molecular complexity index is 833. The highest BCUT2D eigenvalue weighted by molar-refractivity contribution is 7.74. The Morgan fingerprint density at radius 3 is 1.32 bits per heavy atom. The number of hydrogen-bond acceptors (Lipinski definition) is 1. The lowest BCUT2D eigenvalue weighted by Gasteiger charge is -2.39. The Hall–Kier alpha value is -1.94. The molecule has 1 nitrogen and oxygen atoms in total. The maximum absolute atomic E-state index is 14.1. The molecule has 0 heterocycles. The lowest BCUT2D eigenvalue weighted by atomic mass is 10.3. The summed E-state index contributed by atoms with van der Waals surface area (Å²) in [7, 11) is -4.65. The molecule has 0 aliphatic heterocycles. The zero-order valence-corrected chi connectivity index (χ0v) is 13.8. The van der Waals surface area contributed by atoms with Crippen LogP contribution in [0.2, 0.25) is 0 Å². The molecule has 0 saturated heterocycles. The topological polar surface area (TPSA) is 20.2 Å². The minimum absolute atomic E-state index is 0.534. The van der Waals surface area contributed by atoms with Crippen LogP contribution in [0.4, 0.5) is 48.3 Å². The Morgan fingerprint density at radius 2 is 0.964 bits per heavy atom. The van der Waals surface area contributed by atoms with Crippen molar-refractivity contribution in [3.63, 3.8) is 0 Å². The molecule has 2 aromatic rings. The molecule has 0 aliphatic rings. The van der Waals surface area contributed by atoms with Crippen LogP contribution in [0.3, 0.4) is 0 Å². The normalized spacial score (nSPS) is 14.3. The average molecular weight is 442 g/mol. The summed E-state index contributed by atoms with van der Waals surface area (Å²) >= 11 is 0. The molecule has 28 heavy (non-hydrogen) atoms. The van der Waals surface area contributed by atoms with Crippen molar-refractivity contribution in [3.8, 4) is 0 Å². The van der Waals surface area contributed by atoms with E-state index in [9.17, 15) is 53.4 Å². The first-order valence-electron chi connectivity index (χ1n) is 6.88. The third-order valence-corrected chi connectivity index (χ3v) is 6.35. The van der Waals surface area contributed by atoms with E-state index >= 15 is 0 Å². The van der Waals surface area contributed by atoms with Crippen LogP contribution in [0, 0.1) is 29.1 Å². The van der Waals surface area contributed by atoms with E-state index in [1.807, 2.05) is 0 Å². The minimum atomic E-state index is -6.58. The summed E-state index contributed by atoms with van der Waals surface area (Å²) < 4.78 is 148. The van der Waals surface area contributed by atoms with Crippen LogP contribution in [0.15, 0.2) is 30.3 Å². The molecule has 1 unspecified atom stereocenters. The van der Waals surface area contributed by atoms with Gasteiger partial charge in [0.1, 0.15) is 0 Å². The largest absolute Gasteiger partial charge is 0.430 e. The van der Waals surface area contributed by atoms with Crippen molar-refractivity contribution in [1.82, 2.24) is 0 Å². The number of benzene rings is 2. The molecule has 0 radical (unpaired) electrons. The molecule has 154 valence electrons. The first-order chi connectivity index (χ1) is 12.7. The summed E-state index contributed by atoms with van der Waals surface area (Å²) in [5.41, 5.74) is 0. The molecule has 0 saturated carbocycles. The Morgan fingerprint density at radius 1 is 0.607 bits per heavy atom. The Labute approximate surface area is 150 Å². The molecule has 1 atom stereocenters. The molecule has 0 bridgehead atoms. The molecular weight excluding hydrogens is 436 g/mol. The first kappa shape index (κ1) is 22.4. The van der Waals surface area contributed by atoms with E-state index in [2.05, 4.69) is 0 Å². The van der Waals surface area contributed by atoms with Gasteiger partial charge in [0.05, 0.1) is 5.30 Å². The predicted octanol–water partition coefficient (Wildman–Crippen LogP) is 4.63. The fourth-order valence-corrected chi connectivity index (χ4v) is 4.78. The van der Waals surface area contributed by atoms with Gasteiger partial charge in [-0.3, -0.25) is 0 Å². The van der Waals surface area contributed by atoms with E-state index in [0.29, 0.717) is 12.1 Å². The van der Waals surface area contributed by atoms with E-state index in [-0.39, 0.29) is 0 Å². The Kier molecular flexibility index (Phi) is 5.70. The summed E-state index contributed by atoms with van der Waals surface area (Å²) in [5, 5.41) is 0.313. The van der Waals surface area contributed by atoms with Gasteiger partial charge in [0.15, 0.2) is 23.3 Å². The number of hydrogen-bond donors (Lipinski definition) is 1. The van der Waals surface area contributed by atoms with Crippen molar-refractivity contribution in [3.05, 3.63) is 59.4 Å². The van der Waals surface area contributed by atoms with Crippen LogP contribution in [-0.4, -0.2) is 22.8 Å². The molecule has 13 heteroatoms. The molecule has 0 amide bonds. The summed E-state index contributed by atoms with van der Waals surface area (Å²) in [5.74, 6) is -14.1. The van der Waals surface area contributed by atoms with Crippen molar-refractivity contribution < 1.29 is 53.4 Å². The maximum Gasteiger partial charge on any atom is 0.430 e. The molecule has 0 aromatic heterocycles. The van der Waals surface area contributed by atoms with Gasteiger partial charge in [-0.2, -0.15) is 26.3 Å². The van der Waals surface area contributed by atoms with Gasteiger partial charge >= 0.3 is 12.4 Å². The molecule has 2 aromatic carbocycles. The van der Waals surface area contributed by atoms with E-state index in [4.69, 9.17) is 0 Å². The van der Waals surface area contributed by atoms with Crippen molar-refractivity contribution in [2.24, 2.45) is 0 Å². The van der Waals surface area contributed by atoms with Crippen molar-refractivity contribution in [2.75, 3.05) is 0 Å². The number of rotatable bonds is 3. The van der Waals surface area contributed by atoms with Crippen LogP contribution in [0.25, 0.3) is 0 Å². The number of alkyl halides is 6. The standard InChI is InChI=1S/C15H6F11OP/c16-7-8(17)10(19)12(11(20)9(7)18)28(6-4-2-1-3-5-6)13(27,14(21,22)23)15(24,25)26/h1-5,27H. The molecule has 0 aliphatic carbocycles. The van der Waals surface area contributed by atoms with Crippen LogP contribution >= 0.6 is 7.92 Å². The van der Waals surface area contributed by atoms with E-state index in [0.717, 1.165) is 18.2 Å². The fraction of sp³-hybridized carbons (Fsp3) is 0.200. The van der Waals surface area contributed by atoms with Gasteiger partial charge in [-0.25, -0.2) is 22.0 Å². The highest BCUT2D eigenvalue weighted by Gasteiger charge is 2.75. The van der Waals surface area contributed by atoms with Gasteiger partial charge in [0.2, 0.25) is 5.82 Å². The quantitative estimate of drug-likeness (QED) is 0.318. The molecule has 2 rings (SSSR count). The smallest absolute Gasteiger partial charge is 0.369 e. The van der Waals surface area contributed by atoms with Crippen LogP contribution < -0.4 is 10.6 Å². The van der Waals surface area contributed by atoms with E-state index in [1.165, 1.54) is 0 Å². The monoisotopic (exact) mass is 442 g/mol. The summed E-state index contributed by atoms with van der Waals surface area (Å²) in [6.45, 7) is 0. The zero-order valence-electron chi connectivity index (χ0n) is 12.9. The first-order valence-corrected chi connectivity index (χ1v) is 8.23. The van der Waals surface area contributed by atoms with Gasteiger partial charge in [0, 0.05) is 7.92 Å². The van der Waals surface area contributed by atoms with Gasteiger partial charge < -0.3 is 5.11 Å². The second-order valence-electron chi connectivity index (χ2n) is 5.26. The van der Waals surface area contributed by atoms with Crippen LogP contribution in [-0.2, 0) is 0 Å². The molecular formula is C15H6F11OP. The van der Waals surface area contributed by atoms with Gasteiger partial charge in [0.25, 0.3) is 5.34 Å². The third-order valence-electron chi connectivity index (χ3n) is 3.54. The summed E-state index contributed by atoms with van der Waals surface area (Å²) in [6.07, 6.45) is -13.2. The van der Waals surface area contributed by atoms with E-state index < -0.39 is 65.3 Å². The van der Waals surface area contributed by atoms with Crippen LogP contribution in [0.5, 0.6) is 0 Å². The number of halogens is 11. The maximum atomic E-state index is 14.1. The van der Waals surface area contributed by atoms with Crippen molar-refractivity contribution >= 4 is 18.5 Å². The SMILES string of the molecule is OC(P(c1ccccc1)c1c(F)c(F)c(F)c(F)c1F)(C(F)(F)F)C(F)(F)F. The third kappa shape index (κ3) is 3.32. The predicted molar refractivity (Wildman–Crippen MR) is 75.9 cm³/mol. The highest BCUT2D eigenvalue weighted by Crippen LogP contribution is 2.62. The second kappa shape index (κ2) is 7.14. The van der Waals surface area contributed by atoms with Crippen LogP contribution in [0.1, 0.15) is 0 Å². The molecule has 0 spiro atoms. The minimum Gasteiger partial charge on any atom is -0.369 e. The van der Waals surface area contributed by atoms with E-state index in [1.54, 1.807) is 0 Å². The Balaban J connectivity index is 3.04. The molecule has 0 fully saturated rings. The van der Waals surface area contributed by atoms with Gasteiger partial charge in [-0.15, -0.1) is 0 Å². The molecule has 1 N–H and O–H groups in total. The van der Waals surface area contributed by atoms with Crippen molar-refractivity contribution in [1.29, 1.82) is 0 Å².